The number of benzene rings is 1. The van der Waals surface area contributed by atoms with Gasteiger partial charge in [0, 0.05) is 50.2 Å². The van der Waals surface area contributed by atoms with Crippen LogP contribution in [0.4, 0.5) is 5.69 Å². The number of hydrogen-bond acceptors (Lipinski definition) is 5. The highest BCUT2D eigenvalue weighted by molar-refractivity contribution is 6.36. The number of Topliss-reactive ketones (excluding diaryl/α,β-unsaturated/α-hetero) is 1. The van der Waals surface area contributed by atoms with Gasteiger partial charge in [0.1, 0.15) is 5.56 Å². The largest absolute Gasteiger partial charge is 0.477 e. The Labute approximate surface area is 160 Å². The van der Waals surface area contributed by atoms with E-state index in [1.54, 1.807) is 4.57 Å². The predicted octanol–water partition coefficient (Wildman–Crippen LogP) is 2.25. The van der Waals surface area contributed by atoms with E-state index in [0.717, 1.165) is 26.2 Å². The van der Waals surface area contributed by atoms with Gasteiger partial charge in [0.25, 0.3) is 0 Å². The summed E-state index contributed by atoms with van der Waals surface area (Å²) in [6.07, 6.45) is 1.60. The molecule has 1 atom stereocenters. The van der Waals surface area contributed by atoms with Crippen LogP contribution >= 0.6 is 11.6 Å². The van der Waals surface area contributed by atoms with E-state index in [9.17, 15) is 19.5 Å². The SMILES string of the molecule is CC1CC(=O)c2c(N3CCN(C)CC3)c(Cl)cc3c(=O)c(C(=O)O)cn1c23. The topological polar surface area (TPSA) is 82.8 Å². The van der Waals surface area contributed by atoms with Crippen molar-refractivity contribution in [1.82, 2.24) is 9.47 Å². The molecule has 7 nitrogen and oxygen atoms in total. The number of ketones is 1. The molecule has 1 fully saturated rings. The highest BCUT2D eigenvalue weighted by Gasteiger charge is 2.33. The molecule has 1 aromatic carbocycles. The van der Waals surface area contributed by atoms with E-state index in [1.807, 2.05) is 14.0 Å². The maximum atomic E-state index is 13.0. The van der Waals surface area contributed by atoms with Gasteiger partial charge in [0.05, 0.1) is 21.8 Å². The monoisotopic (exact) mass is 389 g/mol. The van der Waals surface area contributed by atoms with Crippen LogP contribution in [0.2, 0.25) is 5.02 Å². The van der Waals surface area contributed by atoms with E-state index < -0.39 is 11.4 Å². The third-order valence-corrected chi connectivity index (χ3v) is 5.81. The van der Waals surface area contributed by atoms with E-state index in [4.69, 9.17) is 11.6 Å². The Morgan fingerprint density at radius 3 is 2.52 bits per heavy atom. The Bertz CT molecular complexity index is 1040. The number of carbonyl (C=O) groups excluding carboxylic acids is 1. The van der Waals surface area contributed by atoms with Crippen LogP contribution in [-0.2, 0) is 0 Å². The quantitative estimate of drug-likeness (QED) is 0.848. The molecule has 1 saturated heterocycles. The summed E-state index contributed by atoms with van der Waals surface area (Å²) in [5.41, 5.74) is 0.674. The summed E-state index contributed by atoms with van der Waals surface area (Å²) >= 11 is 6.54. The number of nitrogens with zero attached hydrogens (tertiary/aromatic N) is 3. The van der Waals surface area contributed by atoms with Gasteiger partial charge in [-0.2, -0.15) is 0 Å². The Kier molecular flexibility index (Phi) is 4.24. The van der Waals surface area contributed by atoms with Crippen molar-refractivity contribution < 1.29 is 14.7 Å². The number of piperazine rings is 1. The molecule has 8 heteroatoms. The first-order chi connectivity index (χ1) is 12.8. The van der Waals surface area contributed by atoms with Crippen molar-refractivity contribution in [3.63, 3.8) is 0 Å². The van der Waals surface area contributed by atoms with Crippen LogP contribution in [-0.4, -0.2) is 59.6 Å². The Morgan fingerprint density at radius 1 is 1.22 bits per heavy atom. The minimum Gasteiger partial charge on any atom is -0.477 e. The number of rotatable bonds is 2. The fourth-order valence-corrected chi connectivity index (χ4v) is 4.37. The lowest BCUT2D eigenvalue weighted by Crippen LogP contribution is -2.45. The highest BCUT2D eigenvalue weighted by atomic mass is 35.5. The van der Waals surface area contributed by atoms with Gasteiger partial charge in [-0.1, -0.05) is 11.6 Å². The molecular weight excluding hydrogens is 370 g/mol. The average Bonchev–Trinajstić information content (AvgIpc) is 2.61. The second kappa shape index (κ2) is 6.35. The third kappa shape index (κ3) is 2.73. The number of carboxylic acids is 1. The van der Waals surface area contributed by atoms with Crippen LogP contribution in [0, 0.1) is 0 Å². The first-order valence-electron chi connectivity index (χ1n) is 8.91. The Balaban J connectivity index is 2.06. The molecule has 142 valence electrons. The van der Waals surface area contributed by atoms with Crippen molar-refractivity contribution in [2.75, 3.05) is 38.1 Å². The molecule has 4 rings (SSSR count). The molecule has 0 radical (unpaired) electrons. The second-order valence-electron chi connectivity index (χ2n) is 7.33. The minimum atomic E-state index is -1.28. The lowest BCUT2D eigenvalue weighted by Gasteiger charge is -2.37. The number of carboxylic acid groups (broad SMARTS) is 1. The fraction of sp³-hybridized carbons (Fsp3) is 0.421. The van der Waals surface area contributed by atoms with Crippen molar-refractivity contribution in [3.05, 3.63) is 38.6 Å². The number of aromatic carboxylic acids is 1. The molecule has 0 aliphatic carbocycles. The van der Waals surface area contributed by atoms with Gasteiger partial charge in [0.2, 0.25) is 5.43 Å². The number of likely N-dealkylation sites (N-methyl/N-ethyl adjacent to an activating group) is 1. The number of aromatic nitrogens is 1. The van der Waals surface area contributed by atoms with E-state index in [0.29, 0.717) is 21.8 Å². The lowest BCUT2D eigenvalue weighted by molar-refractivity contribution is 0.0694. The van der Waals surface area contributed by atoms with Gasteiger partial charge in [-0.05, 0) is 20.0 Å². The van der Waals surface area contributed by atoms with Gasteiger partial charge in [0.15, 0.2) is 5.78 Å². The number of hydrogen-bond donors (Lipinski definition) is 1. The molecule has 1 aromatic heterocycles. The molecule has 1 N–H and O–H groups in total. The smallest absolute Gasteiger partial charge is 0.341 e. The zero-order valence-corrected chi connectivity index (χ0v) is 15.9. The third-order valence-electron chi connectivity index (χ3n) is 5.53. The second-order valence-corrected chi connectivity index (χ2v) is 7.74. The summed E-state index contributed by atoms with van der Waals surface area (Å²) in [7, 11) is 2.04. The van der Waals surface area contributed by atoms with E-state index in [1.165, 1.54) is 12.3 Å². The molecule has 0 amide bonds. The Hall–Kier alpha value is -2.38. The summed E-state index contributed by atoms with van der Waals surface area (Å²) in [4.78, 5) is 41.5. The molecule has 27 heavy (non-hydrogen) atoms. The first kappa shape index (κ1) is 18.0. The summed E-state index contributed by atoms with van der Waals surface area (Å²) < 4.78 is 1.74. The van der Waals surface area contributed by atoms with Gasteiger partial charge in [-0.25, -0.2) is 4.79 Å². The van der Waals surface area contributed by atoms with Gasteiger partial charge < -0.3 is 19.5 Å². The van der Waals surface area contributed by atoms with Crippen molar-refractivity contribution in [2.45, 2.75) is 19.4 Å². The first-order valence-corrected chi connectivity index (χ1v) is 9.28. The summed E-state index contributed by atoms with van der Waals surface area (Å²) in [6.45, 7) is 5.01. The van der Waals surface area contributed by atoms with Gasteiger partial charge in [-0.3, -0.25) is 9.59 Å². The summed E-state index contributed by atoms with van der Waals surface area (Å²) in [5, 5.41) is 9.90. The summed E-state index contributed by atoms with van der Waals surface area (Å²) in [5.74, 6) is -1.35. The van der Waals surface area contributed by atoms with Gasteiger partial charge >= 0.3 is 5.97 Å². The van der Waals surface area contributed by atoms with Crippen molar-refractivity contribution >= 4 is 39.9 Å². The number of halogens is 1. The normalized spacial score (nSPS) is 20.3. The molecule has 2 aliphatic rings. The maximum absolute atomic E-state index is 13.0. The van der Waals surface area contributed by atoms with E-state index >= 15 is 0 Å². The van der Waals surface area contributed by atoms with Crippen molar-refractivity contribution in [1.29, 1.82) is 0 Å². The number of anilines is 1. The van der Waals surface area contributed by atoms with Crippen LogP contribution in [0.1, 0.15) is 40.1 Å². The highest BCUT2D eigenvalue weighted by Crippen LogP contribution is 2.40. The Morgan fingerprint density at radius 2 is 1.89 bits per heavy atom. The zero-order chi connectivity index (χ0) is 19.5. The van der Waals surface area contributed by atoms with Crippen LogP contribution in [0.3, 0.4) is 0 Å². The molecule has 0 spiro atoms. The minimum absolute atomic E-state index is 0.0635. The molecule has 2 aliphatic heterocycles. The molecule has 2 aromatic rings. The molecule has 1 unspecified atom stereocenters. The molecular formula is C19H20ClN3O4. The maximum Gasteiger partial charge on any atom is 0.341 e. The molecule has 3 heterocycles. The van der Waals surface area contributed by atoms with E-state index in [2.05, 4.69) is 9.80 Å². The van der Waals surface area contributed by atoms with Crippen LogP contribution in [0.25, 0.3) is 10.9 Å². The summed E-state index contributed by atoms with van der Waals surface area (Å²) in [6, 6.07) is 1.29. The number of pyridine rings is 1. The van der Waals surface area contributed by atoms with Gasteiger partial charge in [-0.15, -0.1) is 0 Å². The zero-order valence-electron chi connectivity index (χ0n) is 15.2. The van der Waals surface area contributed by atoms with Crippen LogP contribution in [0.15, 0.2) is 17.1 Å². The van der Waals surface area contributed by atoms with Crippen molar-refractivity contribution in [3.8, 4) is 0 Å². The fourth-order valence-electron chi connectivity index (χ4n) is 4.05. The lowest BCUT2D eigenvalue weighted by atomic mass is 9.92. The van der Waals surface area contributed by atoms with E-state index in [-0.39, 0.29) is 29.2 Å². The predicted molar refractivity (Wildman–Crippen MR) is 104 cm³/mol. The molecule has 0 saturated carbocycles. The molecule has 0 bridgehead atoms. The standard InChI is InChI=1S/C19H20ClN3O4/c1-10-7-14(24)15-16-11(18(25)12(19(26)27)9-23(10)16)8-13(20)17(15)22-5-3-21(2)4-6-22/h8-10H,3-7H2,1-2H3,(H,26,27). The average molecular weight is 390 g/mol. The van der Waals surface area contributed by atoms with Crippen LogP contribution in [0.5, 0.6) is 0 Å². The van der Waals surface area contributed by atoms with Crippen molar-refractivity contribution in [2.24, 2.45) is 0 Å². The number of carbonyl (C=O) groups is 2. The van der Waals surface area contributed by atoms with Crippen LogP contribution < -0.4 is 10.3 Å².